The topological polar surface area (TPSA) is 63.4 Å². The molecule has 0 saturated heterocycles. The van der Waals surface area contributed by atoms with Crippen LogP contribution in [-0.4, -0.2) is 25.4 Å². The van der Waals surface area contributed by atoms with E-state index in [4.69, 9.17) is 4.42 Å². The normalized spacial score (nSPS) is 10.4. The van der Waals surface area contributed by atoms with Crippen LogP contribution >= 0.6 is 0 Å². The molecule has 0 aliphatic rings. The number of nitrogens with zero attached hydrogens (tertiary/aromatic N) is 2. The molecule has 1 aromatic carbocycles. The molecule has 0 aliphatic carbocycles. The summed E-state index contributed by atoms with van der Waals surface area (Å²) in [6, 6.07) is 5.25. The van der Waals surface area contributed by atoms with Gasteiger partial charge in [-0.05, 0) is 12.1 Å². The zero-order valence-electron chi connectivity index (χ0n) is 8.93. The number of carbonyl (C=O) groups excluding carboxylic acids is 1. The van der Waals surface area contributed by atoms with Gasteiger partial charge in [0.1, 0.15) is 5.52 Å². The number of hydrogen-bond acceptors (Lipinski definition) is 5. The fraction of sp³-hybridized carbons (Fsp3) is 0.182. The van der Waals surface area contributed by atoms with E-state index in [1.165, 1.54) is 0 Å². The lowest BCUT2D eigenvalue weighted by Gasteiger charge is -2.11. The van der Waals surface area contributed by atoms with Crippen LogP contribution in [-0.2, 0) is 0 Å². The van der Waals surface area contributed by atoms with Crippen molar-refractivity contribution in [2.24, 2.45) is 0 Å². The summed E-state index contributed by atoms with van der Waals surface area (Å²) in [6.07, 6.45) is 0.394. The van der Waals surface area contributed by atoms with E-state index in [2.05, 4.69) is 4.98 Å². The molecule has 0 N–H and O–H groups in total. The number of aromatic nitrogens is 1. The van der Waals surface area contributed by atoms with Crippen molar-refractivity contribution < 1.29 is 9.21 Å². The van der Waals surface area contributed by atoms with Gasteiger partial charge in [0.2, 0.25) is 0 Å². The average molecular weight is 218 g/mol. The minimum Gasteiger partial charge on any atom is -0.419 e. The van der Waals surface area contributed by atoms with Crippen LogP contribution in [0.5, 0.6) is 0 Å². The van der Waals surface area contributed by atoms with Crippen LogP contribution in [0.15, 0.2) is 27.4 Å². The van der Waals surface area contributed by atoms with E-state index in [-0.39, 0.29) is 5.69 Å². The lowest BCUT2D eigenvalue weighted by atomic mass is 10.2. The molecule has 82 valence electrons. The van der Waals surface area contributed by atoms with Crippen molar-refractivity contribution in [2.75, 3.05) is 19.0 Å². The smallest absolute Gasteiger partial charge is 0.365 e. The SMILES string of the molecule is CN(C)c1ccc2nc(C=O)c(=O)oc2c1. The average Bonchev–Trinajstić information content (AvgIpc) is 2.27. The minimum absolute atomic E-state index is 0.204. The molecule has 2 rings (SSSR count). The van der Waals surface area contributed by atoms with E-state index in [0.717, 1.165) is 5.69 Å². The Morgan fingerprint density at radius 1 is 1.38 bits per heavy atom. The second-order valence-corrected chi connectivity index (χ2v) is 3.55. The molecule has 0 radical (unpaired) electrons. The number of benzene rings is 1. The maximum absolute atomic E-state index is 11.3. The molecule has 1 aromatic heterocycles. The van der Waals surface area contributed by atoms with Crippen molar-refractivity contribution >= 4 is 23.1 Å². The monoisotopic (exact) mass is 218 g/mol. The zero-order chi connectivity index (χ0) is 11.7. The summed E-state index contributed by atoms with van der Waals surface area (Å²) < 4.78 is 5.00. The van der Waals surface area contributed by atoms with Crippen molar-refractivity contribution in [1.82, 2.24) is 4.98 Å². The maximum Gasteiger partial charge on any atom is 0.365 e. The van der Waals surface area contributed by atoms with Crippen LogP contribution in [0.1, 0.15) is 10.5 Å². The largest absolute Gasteiger partial charge is 0.419 e. The predicted octanol–water partition coefficient (Wildman–Crippen LogP) is 1.07. The second-order valence-electron chi connectivity index (χ2n) is 3.55. The standard InChI is InChI=1S/C11H10N2O3/c1-13(2)7-3-4-8-10(5-7)16-11(15)9(6-14)12-8/h3-6H,1-2H3. The second kappa shape index (κ2) is 3.77. The van der Waals surface area contributed by atoms with E-state index in [1.807, 2.05) is 25.1 Å². The molecule has 0 unspecified atom stereocenters. The Bertz CT molecular complexity index is 602. The van der Waals surface area contributed by atoms with Gasteiger partial charge in [-0.15, -0.1) is 0 Å². The Morgan fingerprint density at radius 3 is 2.75 bits per heavy atom. The maximum atomic E-state index is 11.3. The summed E-state index contributed by atoms with van der Waals surface area (Å²) in [6.45, 7) is 0. The highest BCUT2D eigenvalue weighted by molar-refractivity contribution is 5.80. The fourth-order valence-corrected chi connectivity index (χ4v) is 1.36. The lowest BCUT2D eigenvalue weighted by molar-refractivity contribution is 0.111. The third-order valence-corrected chi connectivity index (χ3v) is 2.22. The lowest BCUT2D eigenvalue weighted by Crippen LogP contribution is -2.11. The van der Waals surface area contributed by atoms with Gasteiger partial charge < -0.3 is 9.32 Å². The number of fused-ring (bicyclic) bond motifs is 1. The van der Waals surface area contributed by atoms with Gasteiger partial charge in [-0.3, -0.25) is 4.79 Å². The van der Waals surface area contributed by atoms with Crippen molar-refractivity contribution in [1.29, 1.82) is 0 Å². The van der Waals surface area contributed by atoms with Gasteiger partial charge in [0.25, 0.3) is 0 Å². The molecule has 5 heteroatoms. The van der Waals surface area contributed by atoms with Gasteiger partial charge in [0.15, 0.2) is 17.6 Å². The molecule has 0 fully saturated rings. The molecule has 0 aliphatic heterocycles. The molecule has 5 nitrogen and oxygen atoms in total. The molecule has 0 atom stereocenters. The molecule has 0 amide bonds. The first-order valence-corrected chi connectivity index (χ1v) is 4.69. The third kappa shape index (κ3) is 1.67. The first-order chi connectivity index (χ1) is 7.61. The van der Waals surface area contributed by atoms with Crippen LogP contribution in [0.2, 0.25) is 0 Å². The van der Waals surface area contributed by atoms with Crippen LogP contribution < -0.4 is 10.5 Å². The van der Waals surface area contributed by atoms with Crippen molar-refractivity contribution in [3.05, 3.63) is 34.3 Å². The van der Waals surface area contributed by atoms with Crippen LogP contribution in [0, 0.1) is 0 Å². The number of carbonyl (C=O) groups is 1. The summed E-state index contributed by atoms with van der Waals surface area (Å²) in [4.78, 5) is 27.6. The fourth-order valence-electron chi connectivity index (χ4n) is 1.36. The van der Waals surface area contributed by atoms with Gasteiger partial charge in [0, 0.05) is 25.8 Å². The third-order valence-electron chi connectivity index (χ3n) is 2.22. The minimum atomic E-state index is -0.710. The van der Waals surface area contributed by atoms with E-state index < -0.39 is 5.63 Å². The summed E-state index contributed by atoms with van der Waals surface area (Å²) in [5.74, 6) is 0. The van der Waals surface area contributed by atoms with Gasteiger partial charge in [-0.1, -0.05) is 0 Å². The molecule has 1 heterocycles. The Morgan fingerprint density at radius 2 is 2.12 bits per heavy atom. The Labute approximate surface area is 91.3 Å². The highest BCUT2D eigenvalue weighted by Gasteiger charge is 2.07. The number of rotatable bonds is 2. The van der Waals surface area contributed by atoms with Gasteiger partial charge in [-0.2, -0.15) is 0 Å². The summed E-state index contributed by atoms with van der Waals surface area (Å²) in [5.41, 5.74) is 0.855. The first kappa shape index (κ1) is 10.4. The summed E-state index contributed by atoms with van der Waals surface area (Å²) in [7, 11) is 3.76. The predicted molar refractivity (Wildman–Crippen MR) is 60.0 cm³/mol. The Hall–Kier alpha value is -2.17. The Kier molecular flexibility index (Phi) is 2.44. The van der Waals surface area contributed by atoms with Crippen molar-refractivity contribution in [3.63, 3.8) is 0 Å². The summed E-state index contributed by atoms with van der Waals surface area (Å²) in [5, 5.41) is 0. The highest BCUT2D eigenvalue weighted by Crippen LogP contribution is 2.18. The number of hydrogen-bond donors (Lipinski definition) is 0. The van der Waals surface area contributed by atoms with Gasteiger partial charge >= 0.3 is 5.63 Å². The molecule has 0 spiro atoms. The van der Waals surface area contributed by atoms with E-state index in [9.17, 15) is 9.59 Å². The van der Waals surface area contributed by atoms with Gasteiger partial charge in [0.05, 0.1) is 0 Å². The molecular weight excluding hydrogens is 208 g/mol. The highest BCUT2D eigenvalue weighted by atomic mass is 16.4. The molecule has 0 bridgehead atoms. The van der Waals surface area contributed by atoms with E-state index in [0.29, 0.717) is 17.4 Å². The van der Waals surface area contributed by atoms with Gasteiger partial charge in [-0.25, -0.2) is 9.78 Å². The first-order valence-electron chi connectivity index (χ1n) is 4.69. The van der Waals surface area contributed by atoms with Crippen molar-refractivity contribution in [2.45, 2.75) is 0 Å². The summed E-state index contributed by atoms with van der Waals surface area (Å²) >= 11 is 0. The molecular formula is C11H10N2O3. The molecule has 16 heavy (non-hydrogen) atoms. The zero-order valence-corrected chi connectivity index (χ0v) is 8.93. The quantitative estimate of drug-likeness (QED) is 0.705. The van der Waals surface area contributed by atoms with E-state index >= 15 is 0 Å². The number of aldehydes is 1. The van der Waals surface area contributed by atoms with Crippen LogP contribution in [0.4, 0.5) is 5.69 Å². The van der Waals surface area contributed by atoms with Crippen molar-refractivity contribution in [3.8, 4) is 0 Å². The molecule has 0 saturated carbocycles. The van der Waals surface area contributed by atoms with Crippen LogP contribution in [0.25, 0.3) is 11.1 Å². The van der Waals surface area contributed by atoms with E-state index in [1.54, 1.807) is 12.1 Å². The Balaban J connectivity index is 2.71. The van der Waals surface area contributed by atoms with Crippen LogP contribution in [0.3, 0.4) is 0 Å². The molecule has 2 aromatic rings. The number of anilines is 1.